The largest absolute Gasteiger partial charge is 0.497 e. The topological polar surface area (TPSA) is 96.0 Å². The molecule has 192 valence electrons. The Labute approximate surface area is 217 Å². The van der Waals surface area contributed by atoms with Crippen LogP contribution < -0.4 is 14.4 Å². The second-order valence-corrected chi connectivity index (χ2v) is 10.7. The zero-order valence-corrected chi connectivity index (χ0v) is 22.6. The Morgan fingerprint density at radius 1 is 1.09 bits per heavy atom. The van der Waals surface area contributed by atoms with Crippen LogP contribution in [-0.4, -0.2) is 57.6 Å². The summed E-state index contributed by atoms with van der Waals surface area (Å²) < 4.78 is 31.4. The van der Waals surface area contributed by atoms with Crippen LogP contribution >= 0.6 is 23.2 Å². The summed E-state index contributed by atoms with van der Waals surface area (Å²) in [5, 5.41) is 3.23. The van der Waals surface area contributed by atoms with Gasteiger partial charge in [0.15, 0.2) is 0 Å². The Bertz CT molecular complexity index is 1130. The Morgan fingerprint density at radius 3 is 2.29 bits per heavy atom. The van der Waals surface area contributed by atoms with E-state index in [9.17, 15) is 18.0 Å². The van der Waals surface area contributed by atoms with Crippen LogP contribution in [0.15, 0.2) is 42.5 Å². The molecular formula is C24H31Cl2N3O5S. The molecule has 0 bridgehead atoms. The first-order valence-electron chi connectivity index (χ1n) is 11.1. The van der Waals surface area contributed by atoms with Gasteiger partial charge in [-0.3, -0.25) is 13.9 Å². The Balaban J connectivity index is 2.46. The van der Waals surface area contributed by atoms with Crippen LogP contribution in [0.25, 0.3) is 0 Å². The number of hydrogen-bond donors (Lipinski definition) is 1. The van der Waals surface area contributed by atoms with Crippen LogP contribution in [0.2, 0.25) is 10.0 Å². The molecule has 35 heavy (non-hydrogen) atoms. The number of halogens is 2. The lowest BCUT2D eigenvalue weighted by Crippen LogP contribution is -2.52. The number of carbonyl (C=O) groups excluding carboxylic acids is 2. The van der Waals surface area contributed by atoms with Gasteiger partial charge in [-0.05, 0) is 48.7 Å². The van der Waals surface area contributed by atoms with Crippen LogP contribution in [0.4, 0.5) is 5.69 Å². The van der Waals surface area contributed by atoms with Crippen molar-refractivity contribution in [1.29, 1.82) is 0 Å². The molecule has 1 unspecified atom stereocenters. The van der Waals surface area contributed by atoms with E-state index in [4.69, 9.17) is 27.9 Å². The molecule has 2 aromatic rings. The monoisotopic (exact) mass is 543 g/mol. The quantitative estimate of drug-likeness (QED) is 0.434. The van der Waals surface area contributed by atoms with E-state index in [0.717, 1.165) is 22.5 Å². The van der Waals surface area contributed by atoms with Crippen molar-refractivity contribution >= 4 is 50.7 Å². The number of nitrogens with one attached hydrogen (secondary N) is 1. The van der Waals surface area contributed by atoms with E-state index in [1.165, 1.54) is 23.1 Å². The first-order chi connectivity index (χ1) is 16.5. The minimum absolute atomic E-state index is 0.0860. The maximum Gasteiger partial charge on any atom is 0.244 e. The van der Waals surface area contributed by atoms with E-state index < -0.39 is 28.5 Å². The minimum Gasteiger partial charge on any atom is -0.497 e. The zero-order valence-electron chi connectivity index (χ0n) is 20.3. The summed E-state index contributed by atoms with van der Waals surface area (Å²) in [6.07, 6.45) is 2.06. The van der Waals surface area contributed by atoms with Crippen LogP contribution in [0.1, 0.15) is 32.3 Å². The standard InChI is InChI=1S/C24H31Cl2N3O5S/c1-5-13-27-24(31)21(6-2)28(15-17-7-10-19(34-3)11-8-17)23(30)16-29(35(4,32)33)22-14-18(25)9-12-20(22)26/h7-12,14,21H,5-6,13,15-16H2,1-4H3,(H,27,31). The minimum atomic E-state index is -3.91. The Hall–Kier alpha value is -2.49. The summed E-state index contributed by atoms with van der Waals surface area (Å²) in [4.78, 5) is 27.9. The molecule has 2 rings (SSSR count). The number of nitrogens with zero attached hydrogens (tertiary/aromatic N) is 2. The highest BCUT2D eigenvalue weighted by Gasteiger charge is 2.32. The maximum atomic E-state index is 13.6. The number of rotatable bonds is 12. The van der Waals surface area contributed by atoms with Gasteiger partial charge in [-0.25, -0.2) is 8.42 Å². The Morgan fingerprint density at radius 2 is 1.74 bits per heavy atom. The number of carbonyl (C=O) groups is 2. The van der Waals surface area contributed by atoms with Gasteiger partial charge in [0.1, 0.15) is 18.3 Å². The molecule has 8 nitrogen and oxygen atoms in total. The average Bonchev–Trinajstić information content (AvgIpc) is 2.82. The fourth-order valence-electron chi connectivity index (χ4n) is 3.48. The van der Waals surface area contributed by atoms with Crippen LogP contribution in [-0.2, 0) is 26.2 Å². The third-order valence-electron chi connectivity index (χ3n) is 5.30. The van der Waals surface area contributed by atoms with Gasteiger partial charge in [-0.15, -0.1) is 0 Å². The van der Waals surface area contributed by atoms with Gasteiger partial charge in [0.05, 0.1) is 24.1 Å². The van der Waals surface area contributed by atoms with Gasteiger partial charge in [0, 0.05) is 18.1 Å². The summed E-state index contributed by atoms with van der Waals surface area (Å²) in [6, 6.07) is 10.7. The highest BCUT2D eigenvalue weighted by molar-refractivity contribution is 7.92. The lowest BCUT2D eigenvalue weighted by atomic mass is 10.1. The summed E-state index contributed by atoms with van der Waals surface area (Å²) >= 11 is 12.3. The fourth-order valence-corrected chi connectivity index (χ4v) is 4.77. The predicted octanol–water partition coefficient (Wildman–Crippen LogP) is 4.10. The van der Waals surface area contributed by atoms with E-state index in [0.29, 0.717) is 18.7 Å². The molecule has 0 saturated carbocycles. The molecule has 2 amide bonds. The molecule has 0 heterocycles. The van der Waals surface area contributed by atoms with E-state index >= 15 is 0 Å². The number of ether oxygens (including phenoxy) is 1. The summed E-state index contributed by atoms with van der Waals surface area (Å²) in [7, 11) is -2.36. The number of benzene rings is 2. The molecule has 0 spiro atoms. The van der Waals surface area contributed by atoms with Crippen LogP contribution in [0.5, 0.6) is 5.75 Å². The summed E-state index contributed by atoms with van der Waals surface area (Å²) in [5.74, 6) is -0.207. The maximum absolute atomic E-state index is 13.6. The van der Waals surface area contributed by atoms with E-state index in [1.54, 1.807) is 38.3 Å². The molecular weight excluding hydrogens is 513 g/mol. The van der Waals surface area contributed by atoms with Crippen molar-refractivity contribution < 1.29 is 22.7 Å². The van der Waals surface area contributed by atoms with Crippen LogP contribution in [0, 0.1) is 0 Å². The lowest BCUT2D eigenvalue weighted by molar-refractivity contribution is -0.140. The average molecular weight is 545 g/mol. The smallest absolute Gasteiger partial charge is 0.244 e. The predicted molar refractivity (Wildman–Crippen MR) is 140 cm³/mol. The molecule has 0 aliphatic heterocycles. The van der Waals surface area contributed by atoms with Crippen molar-refractivity contribution in [1.82, 2.24) is 10.2 Å². The molecule has 0 aliphatic rings. The molecule has 1 atom stereocenters. The van der Waals surface area contributed by atoms with E-state index in [-0.39, 0.29) is 28.2 Å². The Kier molecular flexibility index (Phi) is 10.7. The zero-order chi connectivity index (χ0) is 26.2. The van der Waals surface area contributed by atoms with Crippen molar-refractivity contribution in [2.75, 3.05) is 30.8 Å². The van der Waals surface area contributed by atoms with E-state index in [1.807, 2.05) is 6.92 Å². The van der Waals surface area contributed by atoms with Crippen molar-refractivity contribution in [3.8, 4) is 5.75 Å². The second kappa shape index (κ2) is 13.0. The number of hydrogen-bond acceptors (Lipinski definition) is 5. The van der Waals surface area contributed by atoms with Crippen molar-refractivity contribution in [2.45, 2.75) is 39.3 Å². The first-order valence-corrected chi connectivity index (χ1v) is 13.7. The van der Waals surface area contributed by atoms with Gasteiger partial charge >= 0.3 is 0 Å². The lowest BCUT2D eigenvalue weighted by Gasteiger charge is -2.33. The number of sulfonamides is 1. The fraction of sp³-hybridized carbons (Fsp3) is 0.417. The van der Waals surface area contributed by atoms with Gasteiger partial charge < -0.3 is 15.0 Å². The third kappa shape index (κ3) is 8.02. The third-order valence-corrected chi connectivity index (χ3v) is 6.98. The molecule has 0 aromatic heterocycles. The van der Waals surface area contributed by atoms with Crippen molar-refractivity contribution in [2.24, 2.45) is 0 Å². The van der Waals surface area contributed by atoms with E-state index in [2.05, 4.69) is 5.32 Å². The molecule has 11 heteroatoms. The number of methoxy groups -OCH3 is 1. The van der Waals surface area contributed by atoms with Crippen molar-refractivity contribution in [3.05, 3.63) is 58.1 Å². The SMILES string of the molecule is CCCNC(=O)C(CC)N(Cc1ccc(OC)cc1)C(=O)CN(c1cc(Cl)ccc1Cl)S(C)(=O)=O. The molecule has 2 aromatic carbocycles. The first kappa shape index (κ1) is 28.7. The molecule has 0 radical (unpaired) electrons. The van der Waals surface area contributed by atoms with Gasteiger partial charge in [-0.2, -0.15) is 0 Å². The number of amides is 2. The van der Waals surface area contributed by atoms with Crippen molar-refractivity contribution in [3.63, 3.8) is 0 Å². The molecule has 0 saturated heterocycles. The molecule has 0 aliphatic carbocycles. The van der Waals surface area contributed by atoms with Gasteiger partial charge in [-0.1, -0.05) is 49.2 Å². The number of anilines is 1. The van der Waals surface area contributed by atoms with Gasteiger partial charge in [0.2, 0.25) is 21.8 Å². The highest BCUT2D eigenvalue weighted by Crippen LogP contribution is 2.31. The second-order valence-electron chi connectivity index (χ2n) is 7.95. The summed E-state index contributed by atoms with van der Waals surface area (Å²) in [6.45, 7) is 3.74. The highest BCUT2D eigenvalue weighted by atomic mass is 35.5. The normalized spacial score (nSPS) is 12.1. The van der Waals surface area contributed by atoms with Gasteiger partial charge in [0.25, 0.3) is 0 Å². The molecule has 1 N–H and O–H groups in total. The molecule has 0 fully saturated rings. The van der Waals surface area contributed by atoms with Crippen LogP contribution in [0.3, 0.4) is 0 Å². The summed E-state index contributed by atoms with van der Waals surface area (Å²) in [5.41, 5.74) is 0.843.